The fraction of sp³-hybridized carbons (Fsp3) is 0.321. The molecule has 1 aliphatic heterocycles. The molecule has 0 spiro atoms. The predicted molar refractivity (Wildman–Crippen MR) is 151 cm³/mol. The van der Waals surface area contributed by atoms with Gasteiger partial charge < -0.3 is 15.0 Å². The van der Waals surface area contributed by atoms with Crippen LogP contribution in [-0.2, 0) is 10.3 Å². The maximum Gasteiger partial charge on any atom is 0.408 e. The molecule has 1 aliphatic rings. The third-order valence-corrected chi connectivity index (χ3v) is 7.51. The zero-order valence-electron chi connectivity index (χ0n) is 21.8. The number of benzene rings is 2. The van der Waals surface area contributed by atoms with Crippen LogP contribution in [0.2, 0.25) is 10.0 Å². The van der Waals surface area contributed by atoms with Gasteiger partial charge in [0, 0.05) is 18.7 Å². The number of hydrogen-bond acceptors (Lipinski definition) is 7. The van der Waals surface area contributed by atoms with Crippen molar-refractivity contribution in [3.8, 4) is 17.3 Å². The van der Waals surface area contributed by atoms with E-state index in [1.165, 1.54) is 0 Å². The van der Waals surface area contributed by atoms with Crippen LogP contribution >= 0.6 is 23.2 Å². The van der Waals surface area contributed by atoms with Gasteiger partial charge in [0.25, 0.3) is 0 Å². The lowest BCUT2D eigenvalue weighted by Crippen LogP contribution is -2.54. The van der Waals surface area contributed by atoms with E-state index >= 15 is 0 Å². The average Bonchev–Trinajstić information content (AvgIpc) is 3.33. The van der Waals surface area contributed by atoms with Crippen molar-refractivity contribution >= 4 is 46.3 Å². The van der Waals surface area contributed by atoms with Crippen molar-refractivity contribution in [1.29, 1.82) is 5.26 Å². The van der Waals surface area contributed by atoms with Crippen LogP contribution in [0.4, 0.5) is 10.7 Å². The van der Waals surface area contributed by atoms with Crippen molar-refractivity contribution in [3.63, 3.8) is 0 Å². The molecule has 3 heterocycles. The van der Waals surface area contributed by atoms with E-state index in [0.29, 0.717) is 64.2 Å². The summed E-state index contributed by atoms with van der Waals surface area (Å²) in [6.45, 7) is 6.61. The van der Waals surface area contributed by atoms with Gasteiger partial charge in [-0.2, -0.15) is 15.3 Å². The number of ether oxygens (including phenoxy) is 1. The summed E-state index contributed by atoms with van der Waals surface area (Å²) < 4.78 is 5.58. The van der Waals surface area contributed by atoms with Crippen LogP contribution in [0.3, 0.4) is 0 Å². The van der Waals surface area contributed by atoms with Crippen LogP contribution in [0, 0.1) is 11.3 Å². The number of nitrogens with zero attached hydrogens (tertiary/aromatic N) is 5. The Labute approximate surface area is 236 Å². The van der Waals surface area contributed by atoms with Gasteiger partial charge in [0.05, 0.1) is 21.0 Å². The molecule has 1 saturated heterocycles. The summed E-state index contributed by atoms with van der Waals surface area (Å²) in [5.74, 6) is 0.408. The van der Waals surface area contributed by atoms with E-state index in [-0.39, 0.29) is 5.69 Å². The number of hydrogen-bond donors (Lipinski definition) is 2. The third-order valence-electron chi connectivity index (χ3n) is 6.69. The topological polar surface area (TPSA) is 120 Å². The first-order valence-corrected chi connectivity index (χ1v) is 13.3. The second kappa shape index (κ2) is 10.4. The number of rotatable bonds is 4. The highest BCUT2D eigenvalue weighted by Crippen LogP contribution is 2.38. The number of nitrogens with one attached hydrogen (secondary N) is 2. The number of fused-ring (bicyclic) bond motifs is 1. The molecule has 0 unspecified atom stereocenters. The van der Waals surface area contributed by atoms with Crippen LogP contribution in [0.5, 0.6) is 0 Å². The molecule has 0 atom stereocenters. The van der Waals surface area contributed by atoms with Gasteiger partial charge in [0.1, 0.15) is 17.4 Å². The van der Waals surface area contributed by atoms with Gasteiger partial charge in [-0.05, 0) is 45.2 Å². The Hall–Kier alpha value is -3.87. The molecule has 11 heteroatoms. The summed E-state index contributed by atoms with van der Waals surface area (Å²) in [5, 5.41) is 21.6. The first-order chi connectivity index (χ1) is 18.6. The number of nitriles is 1. The summed E-state index contributed by atoms with van der Waals surface area (Å²) in [6, 6.07) is 17.3. The van der Waals surface area contributed by atoms with Gasteiger partial charge >= 0.3 is 6.09 Å². The van der Waals surface area contributed by atoms with E-state index in [2.05, 4.69) is 26.6 Å². The number of piperidine rings is 1. The Morgan fingerprint density at radius 3 is 2.49 bits per heavy atom. The van der Waals surface area contributed by atoms with Crippen molar-refractivity contribution in [2.75, 3.05) is 18.0 Å². The molecule has 1 fully saturated rings. The molecular formula is C28H27Cl2N7O2. The van der Waals surface area contributed by atoms with Gasteiger partial charge in [-0.1, -0.05) is 65.7 Å². The Morgan fingerprint density at radius 2 is 1.82 bits per heavy atom. The summed E-state index contributed by atoms with van der Waals surface area (Å²) in [7, 11) is 0. The van der Waals surface area contributed by atoms with Crippen molar-refractivity contribution in [1.82, 2.24) is 25.5 Å². The number of aromatic amines is 1. The monoisotopic (exact) mass is 563 g/mol. The molecule has 4 aromatic rings. The zero-order chi connectivity index (χ0) is 27.8. The molecule has 200 valence electrons. The maximum absolute atomic E-state index is 12.8. The maximum atomic E-state index is 12.8. The summed E-state index contributed by atoms with van der Waals surface area (Å²) in [5.41, 5.74) is 1.42. The Bertz CT molecular complexity index is 1570. The molecule has 0 aliphatic carbocycles. The van der Waals surface area contributed by atoms with Crippen LogP contribution < -0.4 is 10.2 Å². The van der Waals surface area contributed by atoms with Crippen LogP contribution in [0.25, 0.3) is 22.3 Å². The molecule has 5 rings (SSSR count). The minimum atomic E-state index is -0.618. The molecular weight excluding hydrogens is 537 g/mol. The number of anilines is 1. The summed E-state index contributed by atoms with van der Waals surface area (Å²) >= 11 is 12.6. The number of carbonyl (C=O) groups is 1. The van der Waals surface area contributed by atoms with E-state index in [0.717, 1.165) is 5.56 Å². The number of H-pyrrole nitrogens is 1. The minimum absolute atomic E-state index is 0.182. The Balaban J connectivity index is 1.45. The second-order valence-corrected chi connectivity index (χ2v) is 11.2. The molecule has 0 bridgehead atoms. The zero-order valence-corrected chi connectivity index (χ0v) is 23.3. The number of amides is 1. The molecule has 0 radical (unpaired) electrons. The summed E-state index contributed by atoms with van der Waals surface area (Å²) in [4.78, 5) is 24.1. The van der Waals surface area contributed by atoms with Gasteiger partial charge in [0.2, 0.25) is 5.95 Å². The lowest BCUT2D eigenvalue weighted by molar-refractivity contribution is 0.0431. The second-order valence-electron chi connectivity index (χ2n) is 10.4. The van der Waals surface area contributed by atoms with E-state index in [1.807, 2.05) is 56.0 Å². The molecule has 2 N–H and O–H groups in total. The van der Waals surface area contributed by atoms with Crippen molar-refractivity contribution in [2.24, 2.45) is 0 Å². The molecule has 2 aromatic heterocycles. The molecule has 2 aromatic carbocycles. The van der Waals surface area contributed by atoms with Crippen LogP contribution in [0.1, 0.15) is 44.9 Å². The van der Waals surface area contributed by atoms with E-state index < -0.39 is 17.2 Å². The van der Waals surface area contributed by atoms with Gasteiger partial charge in [-0.3, -0.25) is 5.10 Å². The quantitative estimate of drug-likeness (QED) is 0.302. The lowest BCUT2D eigenvalue weighted by Gasteiger charge is -2.42. The fourth-order valence-corrected chi connectivity index (χ4v) is 5.24. The normalized spacial score (nSPS) is 15.1. The van der Waals surface area contributed by atoms with E-state index in [9.17, 15) is 10.1 Å². The highest BCUT2D eigenvalue weighted by atomic mass is 35.5. The SMILES string of the molecule is CC(C)(C)OC(=O)NC1(c2ccccc2)CCN(c2nc(C#N)c3c(-c4cccc(Cl)c4Cl)n[nH]c3n2)CC1. The standard InChI is InChI=1S/C28H27Cl2N7O2/c1-27(2,3)39-26(38)34-28(17-8-5-4-6-9-17)12-14-37(15-13-28)25-32-20(16-31)21-23(35-36-24(21)33-25)18-10-7-11-19(29)22(18)30/h4-11H,12-15H2,1-3H3,(H,34,38)(H,32,33,35,36). The van der Waals surface area contributed by atoms with Crippen molar-refractivity contribution in [2.45, 2.75) is 44.8 Å². The van der Waals surface area contributed by atoms with Crippen molar-refractivity contribution in [3.05, 3.63) is 69.8 Å². The Morgan fingerprint density at radius 1 is 1.10 bits per heavy atom. The number of halogens is 2. The average molecular weight is 564 g/mol. The largest absolute Gasteiger partial charge is 0.444 e. The van der Waals surface area contributed by atoms with Gasteiger partial charge in [-0.25, -0.2) is 9.78 Å². The number of alkyl carbamates (subject to hydrolysis) is 1. The van der Waals surface area contributed by atoms with E-state index in [1.54, 1.807) is 18.2 Å². The lowest BCUT2D eigenvalue weighted by atomic mass is 9.81. The minimum Gasteiger partial charge on any atom is -0.444 e. The third kappa shape index (κ3) is 5.35. The molecule has 39 heavy (non-hydrogen) atoms. The first kappa shape index (κ1) is 26.7. The van der Waals surface area contributed by atoms with Crippen LogP contribution in [0.15, 0.2) is 48.5 Å². The van der Waals surface area contributed by atoms with E-state index in [4.69, 9.17) is 32.9 Å². The first-order valence-electron chi connectivity index (χ1n) is 12.5. The fourth-order valence-electron chi connectivity index (χ4n) is 4.85. The highest BCUT2D eigenvalue weighted by Gasteiger charge is 2.39. The molecule has 9 nitrogen and oxygen atoms in total. The van der Waals surface area contributed by atoms with Crippen LogP contribution in [-0.4, -0.2) is 44.9 Å². The number of aromatic nitrogens is 4. The summed E-state index contributed by atoms with van der Waals surface area (Å²) in [6.07, 6.45) is 0.714. The molecule has 1 amide bonds. The van der Waals surface area contributed by atoms with Gasteiger partial charge in [0.15, 0.2) is 11.3 Å². The Kier molecular flexibility index (Phi) is 7.10. The molecule has 0 saturated carbocycles. The predicted octanol–water partition coefficient (Wildman–Crippen LogP) is 6.22. The van der Waals surface area contributed by atoms with Crippen molar-refractivity contribution < 1.29 is 9.53 Å². The number of carbonyl (C=O) groups excluding carboxylic acids is 1. The smallest absolute Gasteiger partial charge is 0.408 e. The van der Waals surface area contributed by atoms with Gasteiger partial charge in [-0.15, -0.1) is 0 Å². The highest BCUT2D eigenvalue weighted by molar-refractivity contribution is 6.43.